The van der Waals surface area contributed by atoms with Crippen LogP contribution in [0.25, 0.3) is 0 Å². The molecule has 0 aromatic rings. The topological polar surface area (TPSA) is 43.4 Å². The smallest absolute Gasteiger partial charge is 0.311 e. The third kappa shape index (κ3) is 8.72. The zero-order valence-electron chi connectivity index (χ0n) is 16.5. The van der Waals surface area contributed by atoms with Gasteiger partial charge in [0.15, 0.2) is 5.78 Å². The van der Waals surface area contributed by atoms with Gasteiger partial charge in [0.1, 0.15) is 6.10 Å². The van der Waals surface area contributed by atoms with Crippen LogP contribution < -0.4 is 0 Å². The summed E-state index contributed by atoms with van der Waals surface area (Å²) in [5.74, 6) is 3.12. The molecule has 0 bridgehead atoms. The second-order valence-electron chi connectivity index (χ2n) is 7.93. The number of hydrogen-bond donors (Lipinski definition) is 0. The minimum atomic E-state index is -0.557. The first-order valence-electron chi connectivity index (χ1n) is 9.00. The van der Waals surface area contributed by atoms with Crippen molar-refractivity contribution in [3.8, 4) is 12.3 Å². The molecular weight excluding hydrogens is 312 g/mol. The molecule has 0 radical (unpaired) electrons. The molecule has 0 aliphatic heterocycles. The molecule has 0 heterocycles. The number of rotatable bonds is 11. The SMILES string of the molecule is C#C[C@@H](C[C@@H](CC=C)OC(=O)C(C)(C)C)[C@H](CCC(=O)C=C)C(C)C. The molecule has 3 nitrogen and oxygen atoms in total. The summed E-state index contributed by atoms with van der Waals surface area (Å²) in [5, 5.41) is 0. The number of allylic oxidation sites excluding steroid dienone is 1. The molecular formula is C22H34O3. The molecule has 0 aromatic carbocycles. The third-order valence-corrected chi connectivity index (χ3v) is 4.37. The van der Waals surface area contributed by atoms with Crippen molar-refractivity contribution in [3.63, 3.8) is 0 Å². The Balaban J connectivity index is 5.13. The van der Waals surface area contributed by atoms with Crippen LogP contribution in [0.1, 0.15) is 60.3 Å². The molecule has 3 heteroatoms. The van der Waals surface area contributed by atoms with Crippen molar-refractivity contribution in [2.75, 3.05) is 0 Å². The van der Waals surface area contributed by atoms with Crippen molar-refractivity contribution < 1.29 is 14.3 Å². The van der Waals surface area contributed by atoms with Crippen LogP contribution in [-0.4, -0.2) is 17.9 Å². The van der Waals surface area contributed by atoms with E-state index in [4.69, 9.17) is 11.2 Å². The number of ketones is 1. The van der Waals surface area contributed by atoms with Gasteiger partial charge in [-0.05, 0) is 51.5 Å². The molecule has 0 saturated carbocycles. The summed E-state index contributed by atoms with van der Waals surface area (Å²) in [6.07, 6.45) is 10.9. The first-order chi connectivity index (χ1) is 11.6. The van der Waals surface area contributed by atoms with Crippen LogP contribution in [0.15, 0.2) is 25.3 Å². The number of ether oxygens (including phenoxy) is 1. The van der Waals surface area contributed by atoms with Crippen molar-refractivity contribution in [3.05, 3.63) is 25.3 Å². The fourth-order valence-electron chi connectivity index (χ4n) is 2.77. The highest BCUT2D eigenvalue weighted by molar-refractivity contribution is 5.88. The van der Waals surface area contributed by atoms with Crippen molar-refractivity contribution in [2.45, 2.75) is 66.4 Å². The molecule has 0 rings (SSSR count). The van der Waals surface area contributed by atoms with Crippen LogP contribution >= 0.6 is 0 Å². The summed E-state index contributed by atoms with van der Waals surface area (Å²) in [5.41, 5.74) is -0.557. The number of carbonyl (C=O) groups excluding carboxylic acids is 2. The lowest BCUT2D eigenvalue weighted by atomic mass is 9.77. The maximum absolute atomic E-state index is 12.2. The number of carbonyl (C=O) groups is 2. The van der Waals surface area contributed by atoms with Crippen molar-refractivity contribution in [2.24, 2.45) is 23.2 Å². The van der Waals surface area contributed by atoms with Gasteiger partial charge >= 0.3 is 5.97 Å². The average Bonchev–Trinajstić information content (AvgIpc) is 2.52. The van der Waals surface area contributed by atoms with Gasteiger partial charge in [0.2, 0.25) is 0 Å². The molecule has 140 valence electrons. The second kappa shape index (κ2) is 10.9. The molecule has 0 amide bonds. The zero-order chi connectivity index (χ0) is 19.6. The normalized spacial score (nSPS) is 14.9. The van der Waals surface area contributed by atoms with Gasteiger partial charge in [-0.2, -0.15) is 0 Å². The fraction of sp³-hybridized carbons (Fsp3) is 0.636. The largest absolute Gasteiger partial charge is 0.462 e. The van der Waals surface area contributed by atoms with Crippen LogP contribution in [-0.2, 0) is 14.3 Å². The van der Waals surface area contributed by atoms with E-state index in [0.29, 0.717) is 31.6 Å². The number of terminal acetylenes is 1. The van der Waals surface area contributed by atoms with Gasteiger partial charge in [-0.3, -0.25) is 9.59 Å². The van der Waals surface area contributed by atoms with Gasteiger partial charge in [0, 0.05) is 18.8 Å². The van der Waals surface area contributed by atoms with E-state index in [1.54, 1.807) is 6.08 Å². The minimum Gasteiger partial charge on any atom is -0.462 e. The molecule has 0 saturated heterocycles. The van der Waals surface area contributed by atoms with Crippen molar-refractivity contribution >= 4 is 11.8 Å². The average molecular weight is 347 g/mol. The van der Waals surface area contributed by atoms with Crippen LogP contribution in [0.5, 0.6) is 0 Å². The standard InChI is InChI=1S/C22H34O3/c1-9-12-19(25-21(24)22(6,7)8)15-17(10-2)20(16(4)5)14-13-18(23)11-3/h2,9,11,16-17,19-20H,1,3,12-15H2,4-8H3/t17-,19+,20+/m0/s1. The molecule has 0 aliphatic rings. The van der Waals surface area contributed by atoms with E-state index in [9.17, 15) is 9.59 Å². The Kier molecular flexibility index (Phi) is 10.1. The summed E-state index contributed by atoms with van der Waals surface area (Å²) in [4.78, 5) is 23.8. The molecule has 0 aromatic heterocycles. The maximum atomic E-state index is 12.2. The van der Waals surface area contributed by atoms with E-state index < -0.39 is 5.41 Å². The Bertz CT molecular complexity index is 502. The minimum absolute atomic E-state index is 0.0308. The van der Waals surface area contributed by atoms with Crippen molar-refractivity contribution in [1.29, 1.82) is 0 Å². The highest BCUT2D eigenvalue weighted by atomic mass is 16.5. The summed E-state index contributed by atoms with van der Waals surface area (Å²) in [7, 11) is 0. The maximum Gasteiger partial charge on any atom is 0.311 e. The van der Waals surface area contributed by atoms with E-state index in [-0.39, 0.29) is 29.7 Å². The van der Waals surface area contributed by atoms with E-state index in [0.717, 1.165) is 0 Å². The lowest BCUT2D eigenvalue weighted by Crippen LogP contribution is -2.31. The highest BCUT2D eigenvalue weighted by Crippen LogP contribution is 2.31. The Morgan fingerprint density at radius 1 is 1.24 bits per heavy atom. The molecule has 0 aliphatic carbocycles. The monoisotopic (exact) mass is 346 g/mol. The van der Waals surface area contributed by atoms with Crippen molar-refractivity contribution in [1.82, 2.24) is 0 Å². The fourth-order valence-corrected chi connectivity index (χ4v) is 2.77. The predicted octanol–water partition coefficient (Wildman–Crippen LogP) is 4.97. The van der Waals surface area contributed by atoms with Gasteiger partial charge in [-0.15, -0.1) is 18.9 Å². The van der Waals surface area contributed by atoms with E-state index in [1.807, 2.05) is 20.8 Å². The molecule has 0 N–H and O–H groups in total. The summed E-state index contributed by atoms with van der Waals surface area (Å²) in [6, 6.07) is 0. The van der Waals surface area contributed by atoms with Crippen LogP contribution in [0.2, 0.25) is 0 Å². The molecule has 0 spiro atoms. The van der Waals surface area contributed by atoms with Gasteiger partial charge in [0.25, 0.3) is 0 Å². The third-order valence-electron chi connectivity index (χ3n) is 4.37. The summed E-state index contributed by atoms with van der Waals surface area (Å²) < 4.78 is 5.68. The molecule has 0 fully saturated rings. The quantitative estimate of drug-likeness (QED) is 0.230. The zero-order valence-corrected chi connectivity index (χ0v) is 16.5. The number of hydrogen-bond acceptors (Lipinski definition) is 3. The van der Waals surface area contributed by atoms with Crippen LogP contribution in [0.4, 0.5) is 0 Å². The summed E-state index contributed by atoms with van der Waals surface area (Å²) >= 11 is 0. The molecule has 3 atom stereocenters. The highest BCUT2D eigenvalue weighted by Gasteiger charge is 2.30. The van der Waals surface area contributed by atoms with Gasteiger partial charge < -0.3 is 4.74 Å². The lowest BCUT2D eigenvalue weighted by molar-refractivity contribution is -0.159. The summed E-state index contributed by atoms with van der Waals surface area (Å²) in [6.45, 7) is 17.0. The van der Waals surface area contributed by atoms with E-state index in [2.05, 4.69) is 32.9 Å². The Morgan fingerprint density at radius 3 is 2.24 bits per heavy atom. The Hall–Kier alpha value is -1.82. The first kappa shape index (κ1) is 23.2. The Labute approximate surface area is 153 Å². The van der Waals surface area contributed by atoms with Gasteiger partial charge in [-0.1, -0.05) is 26.5 Å². The van der Waals surface area contributed by atoms with Gasteiger partial charge in [-0.25, -0.2) is 0 Å². The van der Waals surface area contributed by atoms with E-state index in [1.165, 1.54) is 6.08 Å². The second-order valence-corrected chi connectivity index (χ2v) is 7.93. The molecule has 0 unspecified atom stereocenters. The first-order valence-corrected chi connectivity index (χ1v) is 9.00. The van der Waals surface area contributed by atoms with Crippen LogP contribution in [0, 0.1) is 35.5 Å². The number of esters is 1. The molecule has 25 heavy (non-hydrogen) atoms. The van der Waals surface area contributed by atoms with Crippen LogP contribution in [0.3, 0.4) is 0 Å². The lowest BCUT2D eigenvalue weighted by Gasteiger charge is -2.30. The van der Waals surface area contributed by atoms with Gasteiger partial charge in [0.05, 0.1) is 5.41 Å². The predicted molar refractivity (Wildman–Crippen MR) is 104 cm³/mol. The Morgan fingerprint density at radius 2 is 1.84 bits per heavy atom. The van der Waals surface area contributed by atoms with E-state index >= 15 is 0 Å².